The van der Waals surface area contributed by atoms with E-state index < -0.39 is 0 Å². The van der Waals surface area contributed by atoms with Crippen molar-refractivity contribution in [2.75, 3.05) is 0 Å². The van der Waals surface area contributed by atoms with Crippen LogP contribution in [0.15, 0.2) is 83.0 Å². The summed E-state index contributed by atoms with van der Waals surface area (Å²) in [5, 5.41) is 0. The summed E-state index contributed by atoms with van der Waals surface area (Å²) in [6.45, 7) is 32.9. The molecule has 0 saturated carbocycles. The summed E-state index contributed by atoms with van der Waals surface area (Å²) in [5.74, 6) is 0. The Morgan fingerprint density at radius 2 is 1.71 bits per heavy atom. The van der Waals surface area contributed by atoms with Crippen LogP contribution in [0, 0.1) is 23.2 Å². The Hall–Kier alpha value is -2.60. The van der Waals surface area contributed by atoms with Gasteiger partial charge in [-0.25, -0.2) is 0 Å². The van der Waals surface area contributed by atoms with Crippen LogP contribution in [0.5, 0.6) is 0 Å². The third-order valence-corrected chi connectivity index (χ3v) is 11.0. The summed E-state index contributed by atoms with van der Waals surface area (Å²) in [5.41, 5.74) is 18.3. The molecule has 0 nitrogen and oxygen atoms in total. The van der Waals surface area contributed by atoms with Crippen LogP contribution in [-0.4, -0.2) is 0 Å². The number of hydrogen-bond acceptors (Lipinski definition) is 0. The van der Waals surface area contributed by atoms with Crippen molar-refractivity contribution in [3.05, 3.63) is 105 Å². The Morgan fingerprint density at radius 3 is 2.37 bits per heavy atom. The van der Waals surface area contributed by atoms with Crippen molar-refractivity contribution in [2.45, 2.75) is 100 Å². The van der Waals surface area contributed by atoms with Gasteiger partial charge in [0.1, 0.15) is 0 Å². The monoisotopic (exact) mass is 504 g/mol. The number of allylic oxidation sites excluding steroid dienone is 11. The molecule has 0 aromatic heterocycles. The second-order valence-electron chi connectivity index (χ2n) is 13.8. The molecule has 0 spiro atoms. The van der Waals surface area contributed by atoms with E-state index in [1.54, 1.807) is 5.57 Å². The van der Waals surface area contributed by atoms with Crippen LogP contribution in [-0.2, 0) is 6.42 Å². The van der Waals surface area contributed by atoms with Crippen LogP contribution < -0.4 is 0 Å². The molecular formula is C38H48. The minimum absolute atomic E-state index is 0.0594. The molecule has 0 radical (unpaired) electrons. The Kier molecular flexibility index (Phi) is 6.37. The van der Waals surface area contributed by atoms with Gasteiger partial charge in [-0.1, -0.05) is 100 Å². The van der Waals surface area contributed by atoms with Gasteiger partial charge >= 0.3 is 0 Å². The molecular weight excluding hydrogens is 456 g/mol. The molecule has 200 valence electrons. The van der Waals surface area contributed by atoms with Gasteiger partial charge in [0.15, 0.2) is 0 Å². The summed E-state index contributed by atoms with van der Waals surface area (Å²) in [6.07, 6.45) is 13.0. The molecule has 5 rings (SSSR count). The van der Waals surface area contributed by atoms with Crippen LogP contribution in [0.4, 0.5) is 0 Å². The van der Waals surface area contributed by atoms with Crippen LogP contribution in [0.3, 0.4) is 0 Å². The zero-order valence-corrected chi connectivity index (χ0v) is 25.4. The summed E-state index contributed by atoms with van der Waals surface area (Å²) < 4.78 is 0. The summed E-state index contributed by atoms with van der Waals surface area (Å²) in [4.78, 5) is 0. The Bertz CT molecular complexity index is 1410. The zero-order chi connectivity index (χ0) is 27.8. The van der Waals surface area contributed by atoms with Gasteiger partial charge in [-0.15, -0.1) is 0 Å². The van der Waals surface area contributed by atoms with E-state index in [4.69, 9.17) is 13.2 Å². The quantitative estimate of drug-likeness (QED) is 0.374. The third-order valence-electron chi connectivity index (χ3n) is 11.0. The van der Waals surface area contributed by atoms with E-state index in [2.05, 4.69) is 86.3 Å². The average molecular weight is 505 g/mol. The van der Waals surface area contributed by atoms with E-state index in [9.17, 15) is 0 Å². The van der Waals surface area contributed by atoms with Gasteiger partial charge in [-0.3, -0.25) is 0 Å². The van der Waals surface area contributed by atoms with Crippen molar-refractivity contribution in [3.63, 3.8) is 0 Å². The predicted molar refractivity (Wildman–Crippen MR) is 167 cm³/mol. The lowest BCUT2D eigenvalue weighted by molar-refractivity contribution is 0.0544. The number of unbranched alkanes of at least 4 members (excludes halogenated alkanes) is 1. The molecule has 0 amide bonds. The molecule has 4 aliphatic carbocycles. The van der Waals surface area contributed by atoms with E-state index in [0.717, 1.165) is 31.3 Å². The normalized spacial score (nSPS) is 30.6. The maximum atomic E-state index is 4.86. The molecule has 4 aliphatic rings. The van der Waals surface area contributed by atoms with Crippen molar-refractivity contribution in [3.8, 4) is 0 Å². The second kappa shape index (κ2) is 8.97. The summed E-state index contributed by atoms with van der Waals surface area (Å²) >= 11 is 0. The number of rotatable bonds is 5. The van der Waals surface area contributed by atoms with Crippen LogP contribution in [0.2, 0.25) is 0 Å². The molecule has 1 aromatic rings. The fraction of sp³-hybridized carbons (Fsp3) is 0.474. The second-order valence-corrected chi connectivity index (χ2v) is 13.8. The van der Waals surface area contributed by atoms with E-state index >= 15 is 0 Å². The third kappa shape index (κ3) is 3.62. The molecule has 0 unspecified atom stereocenters. The molecule has 0 saturated heterocycles. The minimum atomic E-state index is -0.103. The number of benzene rings is 1. The number of hydrogen-bond donors (Lipinski definition) is 0. The van der Waals surface area contributed by atoms with E-state index in [0.29, 0.717) is 0 Å². The predicted octanol–water partition coefficient (Wildman–Crippen LogP) is 11.1. The van der Waals surface area contributed by atoms with Gasteiger partial charge in [0.25, 0.3) is 0 Å². The first-order valence-corrected chi connectivity index (χ1v) is 14.8. The molecule has 0 N–H and O–H groups in total. The Morgan fingerprint density at radius 1 is 1.00 bits per heavy atom. The van der Waals surface area contributed by atoms with Crippen LogP contribution >= 0.6 is 0 Å². The lowest BCUT2D eigenvalue weighted by Gasteiger charge is -2.62. The molecule has 0 heterocycles. The van der Waals surface area contributed by atoms with Crippen molar-refractivity contribution >= 4 is 11.1 Å². The van der Waals surface area contributed by atoms with Crippen molar-refractivity contribution < 1.29 is 0 Å². The largest absolute Gasteiger partial charge is 0.0955 e. The fourth-order valence-electron chi connectivity index (χ4n) is 9.18. The molecule has 0 heteroatoms. The van der Waals surface area contributed by atoms with Gasteiger partial charge in [-0.05, 0) is 127 Å². The highest BCUT2D eigenvalue weighted by atomic mass is 14.6. The van der Waals surface area contributed by atoms with Crippen molar-refractivity contribution in [1.29, 1.82) is 0 Å². The van der Waals surface area contributed by atoms with E-state index in [1.165, 1.54) is 80.5 Å². The lowest BCUT2D eigenvalue weighted by Crippen LogP contribution is -2.52. The van der Waals surface area contributed by atoms with Gasteiger partial charge in [0, 0.05) is 5.41 Å². The molecule has 3 atom stereocenters. The number of fused-ring (bicyclic) bond motifs is 3. The van der Waals surface area contributed by atoms with Gasteiger partial charge in [0.2, 0.25) is 0 Å². The topological polar surface area (TPSA) is 0 Å². The van der Waals surface area contributed by atoms with E-state index in [1.807, 2.05) is 0 Å². The smallest absolute Gasteiger partial charge is 0.0194 e. The van der Waals surface area contributed by atoms with Gasteiger partial charge in [0.05, 0.1) is 0 Å². The Balaban J connectivity index is 1.65. The minimum Gasteiger partial charge on any atom is -0.0955 e. The van der Waals surface area contributed by atoms with Crippen LogP contribution in [0.25, 0.3) is 11.1 Å². The van der Waals surface area contributed by atoms with Crippen molar-refractivity contribution in [1.82, 2.24) is 0 Å². The summed E-state index contributed by atoms with van der Waals surface area (Å²) in [6, 6.07) is 4.74. The molecule has 38 heavy (non-hydrogen) atoms. The Labute approximate surface area is 232 Å². The lowest BCUT2D eigenvalue weighted by atomic mass is 9.41. The fourth-order valence-corrected chi connectivity index (χ4v) is 9.18. The molecule has 0 fully saturated rings. The summed E-state index contributed by atoms with van der Waals surface area (Å²) in [7, 11) is 0. The maximum absolute atomic E-state index is 4.86. The van der Waals surface area contributed by atoms with Crippen molar-refractivity contribution in [2.24, 2.45) is 16.2 Å². The zero-order valence-electron chi connectivity index (χ0n) is 25.4. The van der Waals surface area contributed by atoms with Crippen LogP contribution in [0.1, 0.15) is 109 Å². The number of aryl methyl sites for hydroxylation is 1. The average Bonchev–Trinajstić information content (AvgIpc) is 3.28. The van der Waals surface area contributed by atoms with E-state index in [-0.39, 0.29) is 16.2 Å². The molecule has 1 aromatic carbocycles. The highest BCUT2D eigenvalue weighted by Crippen LogP contribution is 2.70. The highest BCUT2D eigenvalue weighted by molar-refractivity contribution is 5.90. The molecule has 0 aliphatic heterocycles. The SMILES string of the molecule is C=C(C)C1=C(C)C[C@@]2(C)C[C@@]3(C)Cc4c(C5=CC=C(CCCC)C5)ccc(C)c4C(=C)C3=C(C)[C@@]2(C)C1=C. The maximum Gasteiger partial charge on any atom is 0.0194 e. The van der Waals surface area contributed by atoms with Gasteiger partial charge < -0.3 is 0 Å². The first-order chi connectivity index (χ1) is 17.8. The van der Waals surface area contributed by atoms with Gasteiger partial charge in [-0.2, -0.15) is 0 Å². The molecule has 0 bridgehead atoms. The first kappa shape index (κ1) is 27.0. The first-order valence-electron chi connectivity index (χ1n) is 14.8. The highest BCUT2D eigenvalue weighted by Gasteiger charge is 2.59. The standard InChI is InChI=1S/C38H48/c1-12-13-14-29-16-17-30(19-29)31-18-15-24(4)34-26(6)35-28(8)38(11)27(7)33(23(2)3)25(5)20-37(38,10)22-36(35,9)21-32(31)34/h15-18H,2,6-7,12-14,19-22H2,1,3-5,8-11H3/t36-,37+,38-/m1/s1.